The number of carbonyl (C=O) groups excluding carboxylic acids is 1. The summed E-state index contributed by atoms with van der Waals surface area (Å²) in [4.78, 5) is 15.7. The average molecular weight is 513 g/mol. The quantitative estimate of drug-likeness (QED) is 0.487. The lowest BCUT2D eigenvalue weighted by molar-refractivity contribution is -0.140. The lowest BCUT2D eigenvalue weighted by Crippen LogP contribution is -2.48. The van der Waals surface area contributed by atoms with Crippen molar-refractivity contribution in [3.05, 3.63) is 65.9 Å². The summed E-state index contributed by atoms with van der Waals surface area (Å²) < 4.78 is 81.5. The first-order chi connectivity index (χ1) is 16.3. The second-order valence-corrected chi connectivity index (χ2v) is 10.7. The van der Waals surface area contributed by atoms with E-state index in [1.54, 1.807) is 12.1 Å². The molecule has 35 heavy (non-hydrogen) atoms. The Hall–Kier alpha value is -2.99. The molecule has 0 spiro atoms. The molecule has 4 rings (SSSR count). The van der Waals surface area contributed by atoms with E-state index in [1.165, 1.54) is 24.3 Å². The number of imidazole rings is 1. The monoisotopic (exact) mass is 512 g/mol. The molecule has 2 aromatic heterocycles. The van der Waals surface area contributed by atoms with Crippen LogP contribution in [0, 0.1) is 11.2 Å². The Labute approximate surface area is 199 Å². The summed E-state index contributed by atoms with van der Waals surface area (Å²) in [6, 6.07) is 7.75. The van der Waals surface area contributed by atoms with Gasteiger partial charge in [-0.05, 0) is 61.4 Å². The molecule has 12 heteroatoms. The Bertz CT molecular complexity index is 1350. The summed E-state index contributed by atoms with van der Waals surface area (Å²) in [5.41, 5.74) is 4.47. The van der Waals surface area contributed by atoms with E-state index in [4.69, 9.17) is 5.73 Å². The molecule has 7 nitrogen and oxygen atoms in total. The highest BCUT2D eigenvalue weighted by atomic mass is 32.2. The second-order valence-electron chi connectivity index (χ2n) is 8.94. The van der Waals surface area contributed by atoms with E-state index >= 15 is 0 Å². The summed E-state index contributed by atoms with van der Waals surface area (Å²) in [6.45, 7) is 1.85. The van der Waals surface area contributed by atoms with Crippen LogP contribution in [0.5, 0.6) is 0 Å². The summed E-state index contributed by atoms with van der Waals surface area (Å²) >= 11 is 0. The van der Waals surface area contributed by atoms with Crippen molar-refractivity contribution in [1.82, 2.24) is 14.1 Å². The van der Waals surface area contributed by atoms with E-state index < -0.39 is 45.1 Å². The van der Waals surface area contributed by atoms with Gasteiger partial charge >= 0.3 is 6.18 Å². The van der Waals surface area contributed by atoms with Crippen molar-refractivity contribution in [1.29, 1.82) is 0 Å². The topological polar surface area (TPSA) is 107 Å². The lowest BCUT2D eigenvalue weighted by atomic mass is 9.63. The van der Waals surface area contributed by atoms with E-state index in [2.05, 4.69) is 9.71 Å². The molecule has 0 unspecified atom stereocenters. The van der Waals surface area contributed by atoms with Gasteiger partial charge in [-0.25, -0.2) is 22.5 Å². The normalized spacial score (nSPS) is 22.3. The molecular formula is C23H24F4N4O3S. The molecule has 1 aliphatic carbocycles. The Morgan fingerprint density at radius 2 is 1.77 bits per heavy atom. The van der Waals surface area contributed by atoms with Gasteiger partial charge in [-0.1, -0.05) is 19.1 Å². The number of hydrogen-bond donors (Lipinski definition) is 2. The smallest absolute Gasteiger partial charge is 0.369 e. The summed E-state index contributed by atoms with van der Waals surface area (Å²) in [5.74, 6) is -1.19. The van der Waals surface area contributed by atoms with Gasteiger partial charge in [0.1, 0.15) is 11.5 Å². The lowest BCUT2D eigenvalue weighted by Gasteiger charge is -2.42. The van der Waals surface area contributed by atoms with Crippen LogP contribution >= 0.6 is 0 Å². The zero-order valence-corrected chi connectivity index (χ0v) is 19.5. The predicted octanol–water partition coefficient (Wildman–Crippen LogP) is 3.99. The van der Waals surface area contributed by atoms with Crippen LogP contribution in [0.2, 0.25) is 0 Å². The molecule has 0 radical (unpaired) electrons. The minimum absolute atomic E-state index is 0.0324. The molecule has 3 N–H and O–H groups in total. The number of fused-ring (bicyclic) bond motifs is 1. The number of hydrogen-bond acceptors (Lipinski definition) is 4. The molecule has 1 amide bonds. The van der Waals surface area contributed by atoms with Gasteiger partial charge in [-0.2, -0.15) is 13.2 Å². The van der Waals surface area contributed by atoms with Crippen molar-refractivity contribution in [3.63, 3.8) is 0 Å². The van der Waals surface area contributed by atoms with Crippen LogP contribution in [-0.2, 0) is 21.0 Å². The van der Waals surface area contributed by atoms with Crippen LogP contribution in [-0.4, -0.2) is 29.8 Å². The van der Waals surface area contributed by atoms with E-state index in [0.717, 1.165) is 22.4 Å². The molecule has 3 aromatic rings. The average Bonchev–Trinajstić information content (AvgIpc) is 3.24. The molecule has 1 atom stereocenters. The standard InChI is InChI=1S/C23H24F4N4O3S/c1-14(15-2-4-16(24)5-3-15)22(21(28)32)10-8-17(9-11-22)30-35(33,34)18-6-7-20-29-19(23(25,26)27)13-31(20)12-18/h2-7,12-14,17,30H,8-11H2,1H3,(H2,28,32)/t14-,17?,22?/m1/s1. The number of halogens is 4. The Kier molecular flexibility index (Phi) is 6.39. The number of rotatable bonds is 6. The minimum Gasteiger partial charge on any atom is -0.369 e. The van der Waals surface area contributed by atoms with Crippen LogP contribution in [0.1, 0.15) is 49.8 Å². The first kappa shape index (κ1) is 25.1. The molecule has 1 aliphatic rings. The number of sulfonamides is 1. The van der Waals surface area contributed by atoms with Gasteiger partial charge in [-0.15, -0.1) is 0 Å². The third-order valence-corrected chi connectivity index (χ3v) is 8.42. The maximum absolute atomic E-state index is 13.3. The number of primary amides is 1. The largest absolute Gasteiger partial charge is 0.434 e. The van der Waals surface area contributed by atoms with Crippen LogP contribution < -0.4 is 10.5 Å². The number of aromatic nitrogens is 2. The first-order valence-corrected chi connectivity index (χ1v) is 12.4. The van der Waals surface area contributed by atoms with Crippen LogP contribution in [0.15, 0.2) is 53.7 Å². The van der Waals surface area contributed by atoms with Gasteiger partial charge in [0, 0.05) is 18.4 Å². The van der Waals surface area contributed by atoms with E-state index in [0.29, 0.717) is 25.7 Å². The van der Waals surface area contributed by atoms with Gasteiger partial charge < -0.3 is 10.1 Å². The van der Waals surface area contributed by atoms with Crippen molar-refractivity contribution < 1.29 is 30.8 Å². The van der Waals surface area contributed by atoms with Crippen molar-refractivity contribution in [2.75, 3.05) is 0 Å². The molecule has 1 fully saturated rings. The fourth-order valence-corrected chi connectivity index (χ4v) is 6.08. The summed E-state index contributed by atoms with van der Waals surface area (Å²) in [5, 5.41) is 0. The van der Waals surface area contributed by atoms with Gasteiger partial charge in [0.25, 0.3) is 0 Å². The third kappa shape index (κ3) is 4.90. The summed E-state index contributed by atoms with van der Waals surface area (Å²) in [6.07, 6.45) is -1.53. The van der Waals surface area contributed by atoms with Gasteiger partial charge in [-0.3, -0.25) is 4.79 Å². The Balaban J connectivity index is 1.50. The molecule has 1 saturated carbocycles. The molecule has 1 aromatic carbocycles. The number of nitrogens with zero attached hydrogens (tertiary/aromatic N) is 2. The van der Waals surface area contributed by atoms with E-state index in [1.807, 2.05) is 6.92 Å². The molecule has 0 saturated heterocycles. The third-order valence-electron chi connectivity index (χ3n) is 6.91. The zero-order chi connectivity index (χ0) is 25.6. The number of alkyl halides is 3. The molecule has 188 valence electrons. The highest BCUT2D eigenvalue weighted by Crippen LogP contribution is 2.47. The van der Waals surface area contributed by atoms with Crippen LogP contribution in [0.25, 0.3) is 5.65 Å². The SMILES string of the molecule is C[C@H](c1ccc(F)cc1)C1(C(N)=O)CCC(NS(=O)(=O)c2ccc3nc(C(F)(F)F)cn3c2)CC1. The number of carbonyl (C=O) groups is 1. The van der Waals surface area contributed by atoms with Crippen molar-refractivity contribution in [3.8, 4) is 0 Å². The first-order valence-electron chi connectivity index (χ1n) is 11.0. The molecule has 2 heterocycles. The number of nitrogens with two attached hydrogens (primary N) is 1. The number of benzene rings is 1. The van der Waals surface area contributed by atoms with Crippen molar-refractivity contribution >= 4 is 21.6 Å². The van der Waals surface area contributed by atoms with E-state index in [-0.39, 0.29) is 16.5 Å². The maximum Gasteiger partial charge on any atom is 0.434 e. The van der Waals surface area contributed by atoms with Gasteiger partial charge in [0.05, 0.1) is 10.3 Å². The highest BCUT2D eigenvalue weighted by Gasteiger charge is 2.45. The Morgan fingerprint density at radius 3 is 2.34 bits per heavy atom. The molecule has 0 bridgehead atoms. The highest BCUT2D eigenvalue weighted by molar-refractivity contribution is 7.89. The van der Waals surface area contributed by atoms with Crippen LogP contribution in [0.4, 0.5) is 17.6 Å². The van der Waals surface area contributed by atoms with Crippen molar-refractivity contribution in [2.45, 2.75) is 55.6 Å². The maximum atomic E-state index is 13.3. The fraction of sp³-hybridized carbons (Fsp3) is 0.391. The minimum atomic E-state index is -4.65. The fourth-order valence-electron chi connectivity index (χ4n) is 4.77. The van der Waals surface area contributed by atoms with Gasteiger partial charge in [0.15, 0.2) is 5.69 Å². The second kappa shape index (κ2) is 8.90. The Morgan fingerprint density at radius 1 is 1.14 bits per heavy atom. The van der Waals surface area contributed by atoms with E-state index in [9.17, 15) is 30.8 Å². The molecule has 0 aliphatic heterocycles. The van der Waals surface area contributed by atoms with Crippen LogP contribution in [0.3, 0.4) is 0 Å². The zero-order valence-electron chi connectivity index (χ0n) is 18.7. The number of pyridine rings is 1. The summed E-state index contributed by atoms with van der Waals surface area (Å²) in [7, 11) is -4.05. The van der Waals surface area contributed by atoms with Crippen molar-refractivity contribution in [2.24, 2.45) is 11.1 Å². The number of amides is 1. The predicted molar refractivity (Wildman–Crippen MR) is 119 cm³/mol. The number of nitrogens with one attached hydrogen (secondary N) is 1. The van der Waals surface area contributed by atoms with Gasteiger partial charge in [0.2, 0.25) is 15.9 Å². The molecular weight excluding hydrogens is 488 g/mol.